The van der Waals surface area contributed by atoms with Crippen LogP contribution in [0.1, 0.15) is 50.2 Å². The van der Waals surface area contributed by atoms with Crippen molar-refractivity contribution in [3.05, 3.63) is 101 Å². The van der Waals surface area contributed by atoms with E-state index < -0.39 is 11.8 Å². The van der Waals surface area contributed by atoms with E-state index in [1.165, 1.54) is 4.80 Å². The number of hydrazine groups is 1. The molecule has 0 saturated carbocycles. The first-order valence-electron chi connectivity index (χ1n) is 11.5. The van der Waals surface area contributed by atoms with Crippen LogP contribution in [0.15, 0.2) is 72.8 Å². The number of hydrogen-bond acceptors (Lipinski definition) is 6. The fourth-order valence-corrected chi connectivity index (χ4v) is 3.49. The summed E-state index contributed by atoms with van der Waals surface area (Å²) < 4.78 is 0. The van der Waals surface area contributed by atoms with Gasteiger partial charge in [0.2, 0.25) is 11.7 Å². The number of Topliss-reactive ketones (excluding diaryl/α,β-unsaturated/α-hetero) is 1. The summed E-state index contributed by atoms with van der Waals surface area (Å²) in [6.45, 7) is 4.31. The van der Waals surface area contributed by atoms with Gasteiger partial charge >= 0.3 is 0 Å². The Labute approximate surface area is 208 Å². The van der Waals surface area contributed by atoms with E-state index >= 15 is 0 Å². The van der Waals surface area contributed by atoms with Crippen molar-refractivity contribution in [3.8, 4) is 11.4 Å². The Kier molecular flexibility index (Phi) is 7.60. The number of nitrogens with zero attached hydrogens (tertiary/aromatic N) is 4. The maximum atomic E-state index is 12.4. The zero-order chi connectivity index (χ0) is 25.5. The predicted octanol–water partition coefficient (Wildman–Crippen LogP) is 3.43. The average Bonchev–Trinajstić information content (AvgIpc) is 3.37. The molecule has 0 aliphatic rings. The molecule has 2 amide bonds. The molecule has 36 heavy (non-hydrogen) atoms. The molecule has 1 heterocycles. The number of carbonyl (C=O) groups is 3. The van der Waals surface area contributed by atoms with Crippen LogP contribution in [0.5, 0.6) is 0 Å². The summed E-state index contributed by atoms with van der Waals surface area (Å²) in [6.07, 6.45) is 0.0298. The zero-order valence-electron chi connectivity index (χ0n) is 20.1. The summed E-state index contributed by atoms with van der Waals surface area (Å²) in [7, 11) is 0. The summed E-state index contributed by atoms with van der Waals surface area (Å²) in [5.74, 6) is -0.477. The molecule has 0 radical (unpaired) electrons. The van der Waals surface area contributed by atoms with Crippen LogP contribution in [-0.4, -0.2) is 37.8 Å². The molecule has 0 saturated heterocycles. The van der Waals surface area contributed by atoms with Crippen molar-refractivity contribution in [2.24, 2.45) is 0 Å². The number of amides is 2. The van der Waals surface area contributed by atoms with E-state index in [-0.39, 0.29) is 18.6 Å². The van der Waals surface area contributed by atoms with Gasteiger partial charge in [0.15, 0.2) is 5.78 Å². The van der Waals surface area contributed by atoms with Gasteiger partial charge in [-0.1, -0.05) is 54.6 Å². The van der Waals surface area contributed by atoms with Crippen LogP contribution in [-0.2, 0) is 11.3 Å². The van der Waals surface area contributed by atoms with Crippen LogP contribution in [0.2, 0.25) is 0 Å². The summed E-state index contributed by atoms with van der Waals surface area (Å²) in [5.41, 5.74) is 9.59. The molecule has 0 unspecified atom stereocenters. The van der Waals surface area contributed by atoms with E-state index in [1.807, 2.05) is 56.3 Å². The number of aromatic nitrogens is 4. The molecule has 9 heteroatoms. The number of carbonyl (C=O) groups excluding carboxylic acids is 3. The SMILES string of the molecule is Cc1ccc(C(=O)CCC(=O)NNC(=O)c2ccc(Cn3nnc(-c4ccccc4)n3)cc2)cc1C. The lowest BCUT2D eigenvalue weighted by atomic mass is 10.0. The number of tetrazole rings is 1. The molecule has 0 bridgehead atoms. The third kappa shape index (κ3) is 6.26. The van der Waals surface area contributed by atoms with Gasteiger partial charge in [0.25, 0.3) is 5.91 Å². The Balaban J connectivity index is 1.24. The lowest BCUT2D eigenvalue weighted by Gasteiger charge is -2.08. The molecule has 0 fully saturated rings. The summed E-state index contributed by atoms with van der Waals surface area (Å²) >= 11 is 0. The number of hydrogen-bond donors (Lipinski definition) is 2. The minimum absolute atomic E-state index is 0.0269. The van der Waals surface area contributed by atoms with Gasteiger partial charge in [-0.05, 0) is 54.0 Å². The highest BCUT2D eigenvalue weighted by Crippen LogP contribution is 2.14. The highest BCUT2D eigenvalue weighted by Gasteiger charge is 2.12. The maximum Gasteiger partial charge on any atom is 0.269 e. The van der Waals surface area contributed by atoms with Crippen LogP contribution >= 0.6 is 0 Å². The van der Waals surface area contributed by atoms with Crippen LogP contribution in [0.25, 0.3) is 11.4 Å². The third-order valence-corrected chi connectivity index (χ3v) is 5.75. The summed E-state index contributed by atoms with van der Waals surface area (Å²) in [4.78, 5) is 38.3. The fourth-order valence-electron chi connectivity index (χ4n) is 3.49. The number of aryl methyl sites for hydroxylation is 2. The van der Waals surface area contributed by atoms with Gasteiger partial charge in [-0.25, -0.2) is 0 Å². The van der Waals surface area contributed by atoms with Gasteiger partial charge < -0.3 is 0 Å². The molecule has 4 rings (SSSR count). The quantitative estimate of drug-likeness (QED) is 0.293. The van der Waals surface area contributed by atoms with E-state index in [1.54, 1.807) is 30.3 Å². The number of rotatable bonds is 8. The van der Waals surface area contributed by atoms with Crippen molar-refractivity contribution in [1.29, 1.82) is 0 Å². The first-order valence-corrected chi connectivity index (χ1v) is 11.5. The molecule has 1 aromatic heterocycles. The van der Waals surface area contributed by atoms with Crippen molar-refractivity contribution < 1.29 is 14.4 Å². The fraction of sp³-hybridized carbons (Fsp3) is 0.185. The van der Waals surface area contributed by atoms with Gasteiger partial charge in [0.05, 0.1) is 6.54 Å². The molecule has 0 spiro atoms. The van der Waals surface area contributed by atoms with Crippen LogP contribution in [0.3, 0.4) is 0 Å². The lowest BCUT2D eigenvalue weighted by Crippen LogP contribution is -2.41. The van der Waals surface area contributed by atoms with Gasteiger partial charge in [0, 0.05) is 29.5 Å². The molecule has 2 N–H and O–H groups in total. The van der Waals surface area contributed by atoms with E-state index in [9.17, 15) is 14.4 Å². The van der Waals surface area contributed by atoms with Crippen molar-refractivity contribution in [2.75, 3.05) is 0 Å². The van der Waals surface area contributed by atoms with E-state index in [4.69, 9.17) is 0 Å². The molecule has 0 aliphatic heterocycles. The van der Waals surface area contributed by atoms with E-state index in [2.05, 4.69) is 26.3 Å². The minimum atomic E-state index is -0.458. The van der Waals surface area contributed by atoms with Crippen LogP contribution < -0.4 is 10.9 Å². The smallest absolute Gasteiger partial charge is 0.269 e. The highest BCUT2D eigenvalue weighted by atomic mass is 16.2. The first kappa shape index (κ1) is 24.5. The van der Waals surface area contributed by atoms with Crippen molar-refractivity contribution in [1.82, 2.24) is 31.1 Å². The average molecular weight is 483 g/mol. The second kappa shape index (κ2) is 11.2. The topological polar surface area (TPSA) is 119 Å². The molecule has 182 valence electrons. The van der Waals surface area contributed by atoms with E-state index in [0.29, 0.717) is 23.5 Å². The second-order valence-electron chi connectivity index (χ2n) is 8.43. The Morgan fingerprint density at radius 2 is 1.53 bits per heavy atom. The Morgan fingerprint density at radius 1 is 0.806 bits per heavy atom. The van der Waals surface area contributed by atoms with Gasteiger partial charge in [-0.15, -0.1) is 10.2 Å². The molecule has 9 nitrogen and oxygen atoms in total. The Bertz CT molecular complexity index is 1380. The molecular formula is C27H26N6O3. The molecule has 0 aliphatic carbocycles. The first-order chi connectivity index (χ1) is 17.4. The third-order valence-electron chi connectivity index (χ3n) is 5.75. The molecule has 4 aromatic rings. The standard InChI is InChI=1S/C27H26N6O3/c1-18-8-11-23(16-19(18)2)24(34)14-15-25(35)28-30-27(36)22-12-9-20(10-13-22)17-33-31-26(29-32-33)21-6-4-3-5-7-21/h3-13,16H,14-15,17H2,1-2H3,(H,28,35)(H,30,36). The molecular weight excluding hydrogens is 456 g/mol. The Morgan fingerprint density at radius 3 is 2.25 bits per heavy atom. The van der Waals surface area contributed by atoms with Crippen LogP contribution in [0.4, 0.5) is 0 Å². The second-order valence-corrected chi connectivity index (χ2v) is 8.43. The monoisotopic (exact) mass is 482 g/mol. The number of benzene rings is 3. The number of ketones is 1. The summed E-state index contributed by atoms with van der Waals surface area (Å²) in [6, 6.07) is 21.9. The summed E-state index contributed by atoms with van der Waals surface area (Å²) in [5, 5.41) is 12.5. The highest BCUT2D eigenvalue weighted by molar-refractivity contribution is 5.99. The van der Waals surface area contributed by atoms with Gasteiger partial charge in [-0.2, -0.15) is 4.80 Å². The van der Waals surface area contributed by atoms with Crippen molar-refractivity contribution in [2.45, 2.75) is 33.2 Å². The van der Waals surface area contributed by atoms with E-state index in [0.717, 1.165) is 22.3 Å². The van der Waals surface area contributed by atoms with Gasteiger partial charge in [-0.3, -0.25) is 25.2 Å². The largest absolute Gasteiger partial charge is 0.294 e. The normalized spacial score (nSPS) is 10.6. The van der Waals surface area contributed by atoms with Crippen LogP contribution in [0, 0.1) is 13.8 Å². The lowest BCUT2D eigenvalue weighted by molar-refractivity contribution is -0.121. The zero-order valence-corrected chi connectivity index (χ0v) is 20.1. The van der Waals surface area contributed by atoms with Gasteiger partial charge in [0.1, 0.15) is 0 Å². The van der Waals surface area contributed by atoms with Crippen molar-refractivity contribution >= 4 is 17.6 Å². The number of nitrogens with one attached hydrogen (secondary N) is 2. The molecule has 0 atom stereocenters. The predicted molar refractivity (Wildman–Crippen MR) is 134 cm³/mol. The maximum absolute atomic E-state index is 12.4. The molecule has 3 aromatic carbocycles. The van der Waals surface area contributed by atoms with Crippen molar-refractivity contribution in [3.63, 3.8) is 0 Å². The minimum Gasteiger partial charge on any atom is -0.294 e. The Hall–Kier alpha value is -4.66.